The van der Waals surface area contributed by atoms with Gasteiger partial charge in [-0.1, -0.05) is 19.1 Å². The number of imide groups is 1. The summed E-state index contributed by atoms with van der Waals surface area (Å²) in [6.07, 6.45) is 1.24. The molecule has 0 saturated heterocycles. The van der Waals surface area contributed by atoms with Crippen molar-refractivity contribution in [2.24, 2.45) is 0 Å². The van der Waals surface area contributed by atoms with Crippen LogP contribution in [-0.4, -0.2) is 38.3 Å². The Morgan fingerprint density at radius 1 is 1.09 bits per heavy atom. The van der Waals surface area contributed by atoms with Crippen LogP contribution in [-0.2, 0) is 4.57 Å². The number of hydrogen-bond acceptors (Lipinski definition) is 3. The summed E-state index contributed by atoms with van der Waals surface area (Å²) in [5, 5.41) is 0. The fourth-order valence-corrected chi connectivity index (χ4v) is 3.79. The Kier molecular flexibility index (Phi) is 5.68. The average Bonchev–Trinajstić information content (AvgIpc) is 2.61. The van der Waals surface area contributed by atoms with Gasteiger partial charge in [-0.2, -0.15) is 0 Å². The van der Waals surface area contributed by atoms with E-state index in [0.29, 0.717) is 0 Å². The van der Waals surface area contributed by atoms with Crippen molar-refractivity contribution in [2.45, 2.75) is 6.92 Å². The maximum absolute atomic E-state index is 11.9. The predicted octanol–water partition coefficient (Wildman–Crippen LogP) is 3.55. The lowest BCUT2D eigenvalue weighted by molar-refractivity contribution is 0.0774. The van der Waals surface area contributed by atoms with Crippen LogP contribution in [0.25, 0.3) is 0 Å². The maximum Gasteiger partial charge on any atom is 0.325 e. The van der Waals surface area contributed by atoms with E-state index in [1.165, 1.54) is 13.2 Å². The number of rotatable bonds is 2. The van der Waals surface area contributed by atoms with Crippen molar-refractivity contribution in [3.05, 3.63) is 35.4 Å². The summed E-state index contributed by atoms with van der Waals surface area (Å²) in [7, 11) is 14.1. The third-order valence-corrected chi connectivity index (χ3v) is 6.01. The van der Waals surface area contributed by atoms with Crippen LogP contribution in [0.1, 0.15) is 27.6 Å². The van der Waals surface area contributed by atoms with Crippen LogP contribution in [0.5, 0.6) is 0 Å². The molecule has 0 saturated carbocycles. The molecule has 2 N–H and O–H groups in total. The lowest BCUT2D eigenvalue weighted by Crippen LogP contribution is -2.32. The molecule has 6 nitrogen and oxygen atoms in total. The van der Waals surface area contributed by atoms with E-state index in [1.807, 2.05) is 0 Å². The number of carbonyl (C=O) groups excluding carboxylic acids is 2. The van der Waals surface area contributed by atoms with Crippen LogP contribution in [0.15, 0.2) is 24.3 Å². The largest absolute Gasteiger partial charge is 0.325 e. The Bertz CT molecular complexity index is 625. The van der Waals surface area contributed by atoms with Crippen molar-refractivity contribution in [1.29, 1.82) is 0 Å². The van der Waals surface area contributed by atoms with Gasteiger partial charge >= 0.3 is 7.60 Å². The topological polar surface area (TPSA) is 94.9 Å². The van der Waals surface area contributed by atoms with Crippen LogP contribution < -0.4 is 0 Å². The standard InChI is InChI=1S/C9H8Cl3NO2S.C2H7O3P/c1-16(10,11,12)13-8(14)6-4-2-3-5-7(6)9(13)15;1-2-6(3,4)5/h2-5,16H,1H3;2H2,1H3,(H2,3,4,5). The Morgan fingerprint density at radius 2 is 1.41 bits per heavy atom. The number of amides is 2. The normalized spacial score (nSPS) is 16.5. The van der Waals surface area contributed by atoms with Crippen LogP contribution >= 0.6 is 46.6 Å². The summed E-state index contributed by atoms with van der Waals surface area (Å²) in [5.41, 5.74) is 0.565. The molecule has 22 heavy (non-hydrogen) atoms. The summed E-state index contributed by atoms with van der Waals surface area (Å²) in [6.45, 7) is -2.52. The van der Waals surface area contributed by atoms with E-state index in [1.54, 1.807) is 24.3 Å². The summed E-state index contributed by atoms with van der Waals surface area (Å²) >= 11 is 0. The quantitative estimate of drug-likeness (QED) is 0.394. The molecule has 0 fully saturated rings. The summed E-state index contributed by atoms with van der Waals surface area (Å²) in [4.78, 5) is 39.8. The smallest absolute Gasteiger partial charge is 0.324 e. The first kappa shape index (κ1) is 19.8. The zero-order chi connectivity index (χ0) is 17.4. The number of thiol groups is 1. The van der Waals surface area contributed by atoms with Gasteiger partial charge in [0.1, 0.15) is 0 Å². The van der Waals surface area contributed by atoms with Gasteiger partial charge in [0.2, 0.25) is 0 Å². The molecule has 0 aliphatic carbocycles. The number of hydrogen-bond donors (Lipinski definition) is 3. The van der Waals surface area contributed by atoms with Crippen molar-refractivity contribution in [1.82, 2.24) is 4.31 Å². The summed E-state index contributed by atoms with van der Waals surface area (Å²) in [5.74, 6) is -1.08. The molecule has 0 radical (unpaired) electrons. The molecule has 0 unspecified atom stereocenters. The Morgan fingerprint density at radius 3 is 1.64 bits per heavy atom. The minimum atomic E-state index is -3.97. The van der Waals surface area contributed by atoms with Crippen molar-refractivity contribution < 1.29 is 23.9 Å². The molecular weight excluding hydrogens is 396 g/mol. The van der Waals surface area contributed by atoms with Gasteiger partial charge in [-0.15, -0.1) is 0 Å². The van der Waals surface area contributed by atoms with Gasteiger partial charge < -0.3 is 9.79 Å². The molecule has 1 aliphatic heterocycles. The van der Waals surface area contributed by atoms with E-state index < -0.39 is 26.4 Å². The highest BCUT2D eigenvalue weighted by Crippen LogP contribution is 2.83. The Hall–Kier alpha value is -0.270. The Balaban J connectivity index is 0.000000346. The first-order chi connectivity index (χ1) is 9.75. The average molecular weight is 411 g/mol. The second kappa shape index (κ2) is 6.32. The van der Waals surface area contributed by atoms with Crippen molar-refractivity contribution in [3.8, 4) is 0 Å². The Labute approximate surface area is 141 Å². The number of benzene rings is 1. The molecule has 0 atom stereocenters. The highest BCUT2D eigenvalue weighted by Gasteiger charge is 2.48. The highest BCUT2D eigenvalue weighted by atomic mass is 36.2. The summed E-state index contributed by atoms with van der Waals surface area (Å²) in [6, 6.07) is 6.41. The van der Waals surface area contributed by atoms with Gasteiger partial charge in [0.15, 0.2) is 0 Å². The maximum atomic E-state index is 11.9. The molecule has 1 aromatic rings. The third-order valence-electron chi connectivity index (χ3n) is 2.61. The van der Waals surface area contributed by atoms with E-state index >= 15 is 0 Å². The van der Waals surface area contributed by atoms with E-state index in [9.17, 15) is 14.2 Å². The monoisotopic (exact) mass is 409 g/mol. The fourth-order valence-electron chi connectivity index (χ4n) is 1.56. The van der Waals surface area contributed by atoms with E-state index in [2.05, 4.69) is 0 Å². The molecule has 0 aromatic heterocycles. The molecule has 0 bridgehead atoms. The lowest BCUT2D eigenvalue weighted by Gasteiger charge is -2.45. The van der Waals surface area contributed by atoms with Crippen LogP contribution in [0.3, 0.4) is 0 Å². The second-order valence-corrected chi connectivity index (χ2v) is 18.2. The van der Waals surface area contributed by atoms with E-state index in [-0.39, 0.29) is 17.3 Å². The first-order valence-corrected chi connectivity index (χ1v) is 13.1. The first-order valence-electron chi connectivity index (χ1n) is 5.94. The minimum absolute atomic E-state index is 0.0625. The number of halogens is 3. The molecule has 0 spiro atoms. The summed E-state index contributed by atoms with van der Waals surface area (Å²) < 4.78 is 10.5. The molecule has 1 heterocycles. The van der Waals surface area contributed by atoms with Crippen LogP contribution in [0, 0.1) is 0 Å². The number of carbonyl (C=O) groups is 2. The molecular formula is C11H15Cl3NO5PS. The van der Waals surface area contributed by atoms with Crippen molar-refractivity contribution in [2.75, 3.05) is 12.4 Å². The van der Waals surface area contributed by atoms with Gasteiger partial charge in [-0.3, -0.25) is 14.2 Å². The molecule has 2 amide bonds. The predicted molar refractivity (Wildman–Crippen MR) is 92.0 cm³/mol. The van der Waals surface area contributed by atoms with Gasteiger partial charge in [-0.05, 0) is 51.2 Å². The third kappa shape index (κ3) is 4.86. The van der Waals surface area contributed by atoms with Gasteiger partial charge in [0.25, 0.3) is 11.8 Å². The molecule has 11 heteroatoms. The lowest BCUT2D eigenvalue weighted by atomic mass is 10.1. The zero-order valence-corrected chi connectivity index (χ0v) is 15.7. The van der Waals surface area contributed by atoms with Gasteiger partial charge in [0, 0.05) is 12.4 Å². The molecule has 2 rings (SSSR count). The van der Waals surface area contributed by atoms with Crippen LogP contribution in [0.2, 0.25) is 0 Å². The minimum Gasteiger partial charge on any atom is -0.324 e. The fraction of sp³-hybridized carbons (Fsp3) is 0.273. The molecule has 1 aromatic carbocycles. The zero-order valence-electron chi connectivity index (χ0n) is 11.6. The second-order valence-electron chi connectivity index (χ2n) is 4.57. The van der Waals surface area contributed by atoms with E-state index in [4.69, 9.17) is 41.8 Å². The number of nitrogens with zero attached hydrogens (tertiary/aromatic N) is 1. The number of fused-ring (bicyclic) bond motifs is 1. The van der Waals surface area contributed by atoms with Crippen molar-refractivity contribution in [3.63, 3.8) is 0 Å². The van der Waals surface area contributed by atoms with Gasteiger partial charge in [-0.25, -0.2) is 4.31 Å². The van der Waals surface area contributed by atoms with Crippen LogP contribution in [0.4, 0.5) is 0 Å². The van der Waals surface area contributed by atoms with Crippen molar-refractivity contribution >= 4 is 58.4 Å². The SMILES string of the molecule is CCP(=O)(O)O.C[SH](Cl)(Cl)(Cl)N1C(=O)c2ccccc2C1=O. The molecule has 126 valence electrons. The highest BCUT2D eigenvalue weighted by molar-refractivity contribution is 8.90. The van der Waals surface area contributed by atoms with E-state index in [0.717, 1.165) is 4.31 Å². The molecule has 1 aliphatic rings. The van der Waals surface area contributed by atoms with Gasteiger partial charge in [0.05, 0.1) is 11.1 Å².